The molecular weight excluding hydrogens is 204 g/mol. The molecule has 4 heteroatoms. The molecular formula is C12H16N2O2. The van der Waals surface area contributed by atoms with Crippen LogP contribution in [-0.4, -0.2) is 29.7 Å². The second-order valence-corrected chi connectivity index (χ2v) is 4.23. The van der Waals surface area contributed by atoms with Gasteiger partial charge in [-0.15, -0.1) is 0 Å². The fourth-order valence-electron chi connectivity index (χ4n) is 1.82. The van der Waals surface area contributed by atoms with Gasteiger partial charge in [-0.25, -0.2) is 0 Å². The van der Waals surface area contributed by atoms with Crippen LogP contribution >= 0.6 is 0 Å². The first-order chi connectivity index (χ1) is 7.62. The minimum atomic E-state index is -1.26. The third-order valence-electron chi connectivity index (χ3n) is 2.95. The maximum absolute atomic E-state index is 11.9. The number of carbonyl (C=O) groups is 1. The Bertz CT molecular complexity index is 398. The van der Waals surface area contributed by atoms with Crippen LogP contribution in [-0.2, 0) is 4.79 Å². The number of amides is 1. The Labute approximate surface area is 94.7 Å². The Morgan fingerprint density at radius 3 is 2.88 bits per heavy atom. The first kappa shape index (κ1) is 11.1. The molecule has 2 rings (SSSR count). The number of aliphatic hydroxyl groups is 1. The lowest BCUT2D eigenvalue weighted by atomic mass is 10.0. The number of benzene rings is 1. The number of aryl methyl sites for hydroxylation is 1. The van der Waals surface area contributed by atoms with Gasteiger partial charge in [0.25, 0.3) is 5.91 Å². The van der Waals surface area contributed by atoms with Crippen molar-refractivity contribution < 1.29 is 9.90 Å². The Kier molecular flexibility index (Phi) is 2.94. The van der Waals surface area contributed by atoms with Gasteiger partial charge in [0.15, 0.2) is 5.60 Å². The van der Waals surface area contributed by atoms with Crippen molar-refractivity contribution in [2.45, 2.75) is 18.9 Å². The molecule has 1 aromatic carbocycles. The van der Waals surface area contributed by atoms with Crippen LogP contribution < -0.4 is 10.6 Å². The largest absolute Gasteiger partial charge is 0.379 e. The van der Waals surface area contributed by atoms with Crippen LogP contribution in [0.2, 0.25) is 0 Å². The van der Waals surface area contributed by atoms with Gasteiger partial charge in [0, 0.05) is 12.2 Å². The third kappa shape index (κ3) is 2.08. The highest BCUT2D eigenvalue weighted by Gasteiger charge is 2.38. The van der Waals surface area contributed by atoms with E-state index in [1.807, 2.05) is 31.2 Å². The molecule has 0 saturated carbocycles. The summed E-state index contributed by atoms with van der Waals surface area (Å²) in [6, 6.07) is 7.53. The Morgan fingerprint density at radius 2 is 2.25 bits per heavy atom. The second-order valence-electron chi connectivity index (χ2n) is 4.23. The van der Waals surface area contributed by atoms with Crippen molar-refractivity contribution in [1.82, 2.24) is 5.32 Å². The molecule has 4 nitrogen and oxygen atoms in total. The van der Waals surface area contributed by atoms with Gasteiger partial charge in [-0.3, -0.25) is 4.79 Å². The van der Waals surface area contributed by atoms with E-state index >= 15 is 0 Å². The molecule has 0 aliphatic carbocycles. The van der Waals surface area contributed by atoms with Gasteiger partial charge in [0.1, 0.15) is 0 Å². The predicted molar refractivity (Wildman–Crippen MR) is 62.2 cm³/mol. The summed E-state index contributed by atoms with van der Waals surface area (Å²) in [7, 11) is 0. The van der Waals surface area contributed by atoms with E-state index in [2.05, 4.69) is 10.6 Å². The van der Waals surface area contributed by atoms with Gasteiger partial charge in [-0.1, -0.05) is 18.2 Å². The standard InChI is InChI=1S/C12H16N2O2/c1-9-4-2-3-5-10(9)14-11(15)12(16)6-7-13-8-12/h2-5,13,16H,6-8H2,1H3,(H,14,15). The monoisotopic (exact) mass is 220 g/mol. The van der Waals surface area contributed by atoms with Crippen LogP contribution in [0.25, 0.3) is 0 Å². The molecule has 1 heterocycles. The Hall–Kier alpha value is -1.39. The third-order valence-corrected chi connectivity index (χ3v) is 2.95. The number of hydrogen-bond donors (Lipinski definition) is 3. The van der Waals surface area contributed by atoms with Crippen LogP contribution in [0.15, 0.2) is 24.3 Å². The number of hydrogen-bond acceptors (Lipinski definition) is 3. The number of rotatable bonds is 2. The summed E-state index contributed by atoms with van der Waals surface area (Å²) in [6.45, 7) is 2.93. The van der Waals surface area contributed by atoms with E-state index in [4.69, 9.17) is 0 Å². The molecule has 1 amide bonds. The number of nitrogens with one attached hydrogen (secondary N) is 2. The number of anilines is 1. The minimum absolute atomic E-state index is 0.324. The second kappa shape index (κ2) is 4.23. The number of para-hydroxylation sites is 1. The average molecular weight is 220 g/mol. The summed E-state index contributed by atoms with van der Waals surface area (Å²) in [5.74, 6) is -0.327. The summed E-state index contributed by atoms with van der Waals surface area (Å²) in [5, 5.41) is 15.8. The summed E-state index contributed by atoms with van der Waals surface area (Å²) < 4.78 is 0. The fourth-order valence-corrected chi connectivity index (χ4v) is 1.82. The molecule has 86 valence electrons. The van der Waals surface area contributed by atoms with Gasteiger partial charge in [-0.2, -0.15) is 0 Å². The van der Waals surface area contributed by atoms with Gasteiger partial charge in [-0.05, 0) is 31.5 Å². The summed E-state index contributed by atoms with van der Waals surface area (Å²) in [4.78, 5) is 11.9. The van der Waals surface area contributed by atoms with E-state index < -0.39 is 5.60 Å². The zero-order valence-corrected chi connectivity index (χ0v) is 9.29. The van der Waals surface area contributed by atoms with E-state index in [9.17, 15) is 9.90 Å². The SMILES string of the molecule is Cc1ccccc1NC(=O)C1(O)CCNC1. The van der Waals surface area contributed by atoms with Crippen molar-refractivity contribution in [3.63, 3.8) is 0 Å². The molecule has 1 fully saturated rings. The van der Waals surface area contributed by atoms with Crippen molar-refractivity contribution in [3.8, 4) is 0 Å². The van der Waals surface area contributed by atoms with Gasteiger partial charge in [0.05, 0.1) is 0 Å². The van der Waals surface area contributed by atoms with Gasteiger partial charge in [0.2, 0.25) is 0 Å². The molecule has 3 N–H and O–H groups in total. The van der Waals surface area contributed by atoms with Crippen LogP contribution in [0, 0.1) is 6.92 Å². The first-order valence-electron chi connectivity index (χ1n) is 5.42. The topological polar surface area (TPSA) is 61.4 Å². The number of β-amino-alcohol motifs (C(OH)–C–C–N with tert-alkyl or cyclic N) is 1. The molecule has 16 heavy (non-hydrogen) atoms. The minimum Gasteiger partial charge on any atom is -0.379 e. The highest BCUT2D eigenvalue weighted by atomic mass is 16.3. The highest BCUT2D eigenvalue weighted by molar-refractivity contribution is 5.98. The molecule has 1 atom stereocenters. The van der Waals surface area contributed by atoms with Crippen molar-refractivity contribution in [3.05, 3.63) is 29.8 Å². The zero-order chi connectivity index (χ0) is 11.6. The zero-order valence-electron chi connectivity index (χ0n) is 9.29. The van der Waals surface area contributed by atoms with Gasteiger partial charge >= 0.3 is 0 Å². The Morgan fingerprint density at radius 1 is 1.50 bits per heavy atom. The summed E-state index contributed by atoms with van der Waals surface area (Å²) in [6.07, 6.45) is 0.463. The molecule has 0 spiro atoms. The van der Waals surface area contributed by atoms with Crippen molar-refractivity contribution in [1.29, 1.82) is 0 Å². The van der Waals surface area contributed by atoms with Crippen molar-refractivity contribution >= 4 is 11.6 Å². The quantitative estimate of drug-likeness (QED) is 0.686. The van der Waals surface area contributed by atoms with E-state index in [-0.39, 0.29) is 5.91 Å². The average Bonchev–Trinajstić information content (AvgIpc) is 2.70. The van der Waals surface area contributed by atoms with E-state index in [1.54, 1.807) is 0 Å². The lowest BCUT2D eigenvalue weighted by molar-refractivity contribution is -0.132. The highest BCUT2D eigenvalue weighted by Crippen LogP contribution is 2.19. The Balaban J connectivity index is 2.10. The van der Waals surface area contributed by atoms with Crippen molar-refractivity contribution in [2.75, 3.05) is 18.4 Å². The maximum atomic E-state index is 11.9. The molecule has 0 bridgehead atoms. The predicted octanol–water partition coefficient (Wildman–Crippen LogP) is 0.658. The maximum Gasteiger partial charge on any atom is 0.257 e. The van der Waals surface area contributed by atoms with Crippen molar-refractivity contribution in [2.24, 2.45) is 0 Å². The lowest BCUT2D eigenvalue weighted by Gasteiger charge is -2.20. The lowest BCUT2D eigenvalue weighted by Crippen LogP contribution is -2.44. The molecule has 1 aromatic rings. The fraction of sp³-hybridized carbons (Fsp3) is 0.417. The van der Waals surface area contributed by atoms with Crippen LogP contribution in [0.5, 0.6) is 0 Å². The van der Waals surface area contributed by atoms with E-state index in [0.29, 0.717) is 19.5 Å². The molecule has 1 aliphatic heterocycles. The van der Waals surface area contributed by atoms with Crippen LogP contribution in [0.1, 0.15) is 12.0 Å². The van der Waals surface area contributed by atoms with E-state index in [0.717, 1.165) is 11.3 Å². The summed E-state index contributed by atoms with van der Waals surface area (Å²) >= 11 is 0. The normalized spacial score (nSPS) is 24.4. The van der Waals surface area contributed by atoms with Crippen LogP contribution in [0.3, 0.4) is 0 Å². The van der Waals surface area contributed by atoms with Crippen LogP contribution in [0.4, 0.5) is 5.69 Å². The molecule has 1 aliphatic rings. The summed E-state index contributed by atoms with van der Waals surface area (Å²) in [5.41, 5.74) is 0.487. The molecule has 1 unspecified atom stereocenters. The van der Waals surface area contributed by atoms with Gasteiger partial charge < -0.3 is 15.7 Å². The smallest absolute Gasteiger partial charge is 0.257 e. The molecule has 0 radical (unpaired) electrons. The molecule has 0 aromatic heterocycles. The molecule has 1 saturated heterocycles. The number of carbonyl (C=O) groups excluding carboxylic acids is 1. The van der Waals surface area contributed by atoms with E-state index in [1.165, 1.54) is 0 Å². The first-order valence-corrected chi connectivity index (χ1v) is 5.42.